The van der Waals surface area contributed by atoms with Crippen LogP contribution in [0.15, 0.2) is 0 Å². The van der Waals surface area contributed by atoms with Gasteiger partial charge >= 0.3 is 0 Å². The van der Waals surface area contributed by atoms with Crippen molar-refractivity contribution in [3.63, 3.8) is 0 Å². The molecule has 2 aliphatic rings. The lowest BCUT2D eigenvalue weighted by molar-refractivity contribution is 0.258. The maximum Gasteiger partial charge on any atom is 0.0232 e. The van der Waals surface area contributed by atoms with E-state index in [0.29, 0.717) is 0 Å². The zero-order valence-electron chi connectivity index (χ0n) is 6.47. The van der Waals surface area contributed by atoms with Gasteiger partial charge in [-0.3, -0.25) is 4.90 Å². The van der Waals surface area contributed by atoms with Crippen LogP contribution < -0.4 is 5.32 Å². The summed E-state index contributed by atoms with van der Waals surface area (Å²) >= 11 is 0. The molecule has 0 amide bonds. The predicted octanol–water partition coefficient (Wildman–Crippen LogP) is 0.444. The van der Waals surface area contributed by atoms with Gasteiger partial charge in [-0.2, -0.15) is 0 Å². The largest absolute Gasteiger partial charge is 0.315 e. The average molecular weight is 140 g/mol. The van der Waals surface area contributed by atoms with Crippen molar-refractivity contribution in [3.05, 3.63) is 0 Å². The minimum atomic E-state index is 0.877. The monoisotopic (exact) mass is 140 g/mol. The van der Waals surface area contributed by atoms with Gasteiger partial charge in [0.1, 0.15) is 0 Å². The van der Waals surface area contributed by atoms with Crippen LogP contribution in [0.3, 0.4) is 0 Å². The van der Waals surface area contributed by atoms with E-state index in [1.165, 1.54) is 45.4 Å². The molecule has 0 bridgehead atoms. The van der Waals surface area contributed by atoms with E-state index < -0.39 is 0 Å². The highest BCUT2D eigenvalue weighted by atomic mass is 15.2. The fraction of sp³-hybridized carbons (Fsp3) is 1.00. The third-order valence-electron chi connectivity index (χ3n) is 2.69. The minimum absolute atomic E-state index is 0.877. The van der Waals surface area contributed by atoms with Gasteiger partial charge in [-0.25, -0.2) is 0 Å². The smallest absolute Gasteiger partial charge is 0.0232 e. The zero-order valence-corrected chi connectivity index (χ0v) is 6.47. The van der Waals surface area contributed by atoms with Crippen LogP contribution in [0.1, 0.15) is 19.3 Å². The summed E-state index contributed by atoms with van der Waals surface area (Å²) in [6, 6.07) is 0.877. The molecular weight excluding hydrogens is 124 g/mol. The van der Waals surface area contributed by atoms with Crippen molar-refractivity contribution in [2.24, 2.45) is 0 Å². The standard InChI is InChI=1S/C8H16N2/c1-2-6-10(5-1)8-3-4-9-7-8/h8-9H,1-7H2. The Morgan fingerprint density at radius 3 is 2.60 bits per heavy atom. The number of hydrogen-bond donors (Lipinski definition) is 1. The summed E-state index contributed by atoms with van der Waals surface area (Å²) in [6.07, 6.45) is 4.23. The molecule has 2 aliphatic heterocycles. The van der Waals surface area contributed by atoms with Crippen LogP contribution in [0.25, 0.3) is 0 Å². The Morgan fingerprint density at radius 1 is 1.20 bits per heavy atom. The van der Waals surface area contributed by atoms with E-state index in [2.05, 4.69) is 10.2 Å². The summed E-state index contributed by atoms with van der Waals surface area (Å²) in [5, 5.41) is 3.41. The quantitative estimate of drug-likeness (QED) is 0.568. The summed E-state index contributed by atoms with van der Waals surface area (Å²) in [5.41, 5.74) is 0. The van der Waals surface area contributed by atoms with Gasteiger partial charge in [0.2, 0.25) is 0 Å². The molecular formula is C8H16N2. The molecule has 0 aromatic heterocycles. The Morgan fingerprint density at radius 2 is 2.00 bits per heavy atom. The fourth-order valence-corrected chi connectivity index (χ4v) is 2.06. The highest BCUT2D eigenvalue weighted by Crippen LogP contribution is 2.15. The summed E-state index contributed by atoms with van der Waals surface area (Å²) in [4.78, 5) is 2.64. The summed E-state index contributed by atoms with van der Waals surface area (Å²) in [6.45, 7) is 5.18. The van der Waals surface area contributed by atoms with E-state index in [4.69, 9.17) is 0 Å². The van der Waals surface area contributed by atoms with E-state index in [-0.39, 0.29) is 0 Å². The third kappa shape index (κ3) is 1.18. The molecule has 0 saturated carbocycles. The normalized spacial score (nSPS) is 35.4. The first-order valence-corrected chi connectivity index (χ1v) is 4.41. The van der Waals surface area contributed by atoms with Gasteiger partial charge in [0.15, 0.2) is 0 Å². The summed E-state index contributed by atoms with van der Waals surface area (Å²) < 4.78 is 0. The van der Waals surface area contributed by atoms with Crippen molar-refractivity contribution in [1.29, 1.82) is 0 Å². The van der Waals surface area contributed by atoms with E-state index in [1.807, 2.05) is 0 Å². The van der Waals surface area contributed by atoms with Gasteiger partial charge in [0.25, 0.3) is 0 Å². The van der Waals surface area contributed by atoms with Gasteiger partial charge in [-0.15, -0.1) is 0 Å². The summed E-state index contributed by atoms with van der Waals surface area (Å²) in [7, 11) is 0. The fourth-order valence-electron chi connectivity index (χ4n) is 2.06. The SMILES string of the molecule is C1CCN(C2CCNC2)C1. The molecule has 0 aliphatic carbocycles. The molecule has 1 unspecified atom stereocenters. The molecule has 2 saturated heterocycles. The molecule has 0 radical (unpaired) electrons. The van der Waals surface area contributed by atoms with Crippen molar-refractivity contribution in [3.8, 4) is 0 Å². The Balaban J connectivity index is 1.85. The maximum absolute atomic E-state index is 3.41. The molecule has 2 heterocycles. The number of hydrogen-bond acceptors (Lipinski definition) is 2. The van der Waals surface area contributed by atoms with Crippen LogP contribution in [0.4, 0.5) is 0 Å². The second-order valence-electron chi connectivity index (χ2n) is 3.39. The molecule has 2 nitrogen and oxygen atoms in total. The minimum Gasteiger partial charge on any atom is -0.315 e. The third-order valence-corrected chi connectivity index (χ3v) is 2.69. The Hall–Kier alpha value is -0.0800. The molecule has 2 rings (SSSR count). The molecule has 0 aromatic carbocycles. The second-order valence-corrected chi connectivity index (χ2v) is 3.39. The van der Waals surface area contributed by atoms with E-state index in [0.717, 1.165) is 6.04 Å². The molecule has 58 valence electrons. The molecule has 1 N–H and O–H groups in total. The molecule has 10 heavy (non-hydrogen) atoms. The number of likely N-dealkylation sites (tertiary alicyclic amines) is 1. The van der Waals surface area contributed by atoms with E-state index in [1.54, 1.807) is 0 Å². The van der Waals surface area contributed by atoms with Gasteiger partial charge in [-0.1, -0.05) is 0 Å². The van der Waals surface area contributed by atoms with Crippen molar-refractivity contribution < 1.29 is 0 Å². The van der Waals surface area contributed by atoms with Crippen LogP contribution in [0, 0.1) is 0 Å². The van der Waals surface area contributed by atoms with Gasteiger partial charge < -0.3 is 5.32 Å². The average Bonchev–Trinajstić information content (AvgIpc) is 2.59. The first-order valence-electron chi connectivity index (χ1n) is 4.41. The number of nitrogens with zero attached hydrogens (tertiary/aromatic N) is 1. The lowest BCUT2D eigenvalue weighted by Gasteiger charge is -2.21. The number of nitrogens with one attached hydrogen (secondary N) is 1. The zero-order chi connectivity index (χ0) is 6.81. The molecule has 0 aromatic rings. The van der Waals surface area contributed by atoms with Gasteiger partial charge in [-0.05, 0) is 38.9 Å². The number of rotatable bonds is 1. The Bertz CT molecular complexity index is 87.8. The van der Waals surface area contributed by atoms with Crippen molar-refractivity contribution in [2.45, 2.75) is 25.3 Å². The van der Waals surface area contributed by atoms with Gasteiger partial charge in [0, 0.05) is 12.6 Å². The maximum atomic E-state index is 3.41. The second kappa shape index (κ2) is 2.89. The Labute approximate surface area is 62.6 Å². The first kappa shape index (κ1) is 6.62. The van der Waals surface area contributed by atoms with Crippen molar-refractivity contribution >= 4 is 0 Å². The van der Waals surface area contributed by atoms with Crippen LogP contribution in [-0.2, 0) is 0 Å². The van der Waals surface area contributed by atoms with Crippen LogP contribution in [0.5, 0.6) is 0 Å². The Kier molecular flexibility index (Phi) is 1.91. The van der Waals surface area contributed by atoms with Gasteiger partial charge in [0.05, 0.1) is 0 Å². The topological polar surface area (TPSA) is 15.3 Å². The lowest BCUT2D eigenvalue weighted by atomic mass is 10.2. The van der Waals surface area contributed by atoms with Crippen LogP contribution in [0.2, 0.25) is 0 Å². The highest BCUT2D eigenvalue weighted by molar-refractivity contribution is 4.82. The molecule has 2 fully saturated rings. The van der Waals surface area contributed by atoms with Crippen LogP contribution >= 0.6 is 0 Å². The highest BCUT2D eigenvalue weighted by Gasteiger charge is 2.23. The van der Waals surface area contributed by atoms with Crippen molar-refractivity contribution in [1.82, 2.24) is 10.2 Å². The van der Waals surface area contributed by atoms with E-state index >= 15 is 0 Å². The molecule has 0 spiro atoms. The molecule has 2 heteroatoms. The lowest BCUT2D eigenvalue weighted by Crippen LogP contribution is -2.34. The predicted molar refractivity (Wildman–Crippen MR) is 42.1 cm³/mol. The van der Waals surface area contributed by atoms with Crippen LogP contribution in [-0.4, -0.2) is 37.1 Å². The molecule has 1 atom stereocenters. The first-order chi connectivity index (χ1) is 4.97. The van der Waals surface area contributed by atoms with Crippen molar-refractivity contribution in [2.75, 3.05) is 26.2 Å². The van der Waals surface area contributed by atoms with E-state index in [9.17, 15) is 0 Å². The summed E-state index contributed by atoms with van der Waals surface area (Å²) in [5.74, 6) is 0.